The Morgan fingerprint density at radius 2 is 2.03 bits per heavy atom. The van der Waals surface area contributed by atoms with E-state index >= 15 is 0 Å². The Labute approximate surface area is 170 Å². The lowest BCUT2D eigenvalue weighted by molar-refractivity contribution is 0.0855. The normalized spacial score (nSPS) is 19.6. The van der Waals surface area contributed by atoms with Crippen molar-refractivity contribution in [3.05, 3.63) is 71.7 Å². The maximum atomic E-state index is 13.6. The number of hydrogen-bond acceptors (Lipinski definition) is 3. The lowest BCUT2D eigenvalue weighted by Crippen LogP contribution is -2.50. The van der Waals surface area contributed by atoms with Crippen molar-refractivity contribution in [2.75, 3.05) is 6.54 Å². The number of aliphatic hydroxyl groups excluding tert-OH is 1. The van der Waals surface area contributed by atoms with Crippen LogP contribution in [0.3, 0.4) is 0 Å². The van der Waals surface area contributed by atoms with Crippen LogP contribution in [-0.2, 0) is 16.6 Å². The van der Waals surface area contributed by atoms with E-state index in [1.54, 1.807) is 11.0 Å². The highest BCUT2D eigenvalue weighted by atomic mass is 19.1. The number of fused-ring (bicyclic) bond motifs is 1. The Morgan fingerprint density at radius 1 is 1.28 bits per heavy atom. The molecule has 3 aromatic rings. The molecule has 8 heteroatoms. The number of nitrogens with zero attached hydrogens (tertiary/aromatic N) is 1. The Bertz CT molecular complexity index is 1030. The molecule has 1 aliphatic rings. The number of carbonyl (C=O) groups excluding carboxylic acids is 1. The van der Waals surface area contributed by atoms with Crippen LogP contribution < -0.4 is 0 Å². The van der Waals surface area contributed by atoms with Crippen LogP contribution in [-0.4, -0.2) is 55.5 Å². The Morgan fingerprint density at radius 3 is 2.79 bits per heavy atom. The molecule has 2 N–H and O–H groups in total. The zero-order valence-electron chi connectivity index (χ0n) is 16.6. The van der Waals surface area contributed by atoms with Crippen LogP contribution in [0.2, 0.25) is 0 Å². The largest absolute Gasteiger partial charge is 0.445 e. The first-order chi connectivity index (χ1) is 13.9. The highest BCUT2D eigenvalue weighted by Gasteiger charge is 2.45. The number of amides is 1. The van der Waals surface area contributed by atoms with Gasteiger partial charge >= 0.3 is 6.09 Å². The first-order valence-electron chi connectivity index (χ1n) is 9.79. The Hall–Kier alpha value is -2.73. The van der Waals surface area contributed by atoms with Crippen molar-refractivity contribution in [3.63, 3.8) is 0 Å². The lowest BCUT2D eigenvalue weighted by atomic mass is 9.47. The van der Waals surface area contributed by atoms with Crippen LogP contribution in [0.4, 0.5) is 9.18 Å². The molecule has 0 unspecified atom stereocenters. The molecule has 0 saturated carbocycles. The summed E-state index contributed by atoms with van der Waals surface area (Å²) in [6, 6.07) is 13.9. The summed E-state index contributed by atoms with van der Waals surface area (Å²) in [7, 11) is 4.08. The highest BCUT2D eigenvalue weighted by Crippen LogP contribution is 2.36. The average molecular weight is 392 g/mol. The maximum absolute atomic E-state index is 13.6. The summed E-state index contributed by atoms with van der Waals surface area (Å²) in [6.07, 6.45) is 1.28. The minimum atomic E-state index is -0.605. The number of H-pyrrole nitrogens is 1. The van der Waals surface area contributed by atoms with Gasteiger partial charge in [-0.15, -0.1) is 0 Å². The third-order valence-corrected chi connectivity index (χ3v) is 5.89. The van der Waals surface area contributed by atoms with Gasteiger partial charge in [0.25, 0.3) is 0 Å². The number of aromatic nitrogens is 1. The number of aromatic amines is 1. The predicted octanol–water partition coefficient (Wildman–Crippen LogP) is 1.50. The molecule has 2 aromatic carbocycles. The summed E-state index contributed by atoms with van der Waals surface area (Å²) in [5.74, 6) is -0.300. The van der Waals surface area contributed by atoms with Crippen LogP contribution in [0.5, 0.6) is 0 Å². The van der Waals surface area contributed by atoms with E-state index in [2.05, 4.69) is 4.98 Å². The van der Waals surface area contributed by atoms with E-state index in [1.807, 2.05) is 52.2 Å². The average Bonchev–Trinajstić information content (AvgIpc) is 3.31. The maximum Gasteiger partial charge on any atom is 0.410 e. The second kappa shape index (κ2) is 7.59. The number of aliphatic hydroxyl groups is 1. The number of benzene rings is 2. The lowest BCUT2D eigenvalue weighted by Gasteiger charge is -2.37. The number of nitrogens with one attached hydrogen (secondary N) is 1. The molecule has 29 heavy (non-hydrogen) atoms. The molecule has 0 spiro atoms. The molecule has 1 aliphatic heterocycles. The third kappa shape index (κ3) is 3.77. The fourth-order valence-corrected chi connectivity index (χ4v) is 4.31. The molecule has 0 radical (unpaired) electrons. The fourth-order valence-electron chi connectivity index (χ4n) is 4.31. The van der Waals surface area contributed by atoms with Crippen LogP contribution in [0.15, 0.2) is 54.7 Å². The second-order valence-electron chi connectivity index (χ2n) is 8.21. The molecule has 0 bridgehead atoms. The SMILES string of the molecule is BC(B)(c1c[nH]c2cc(F)ccc12)[C@@H]1C[C@H](O)CN1C(=O)OCc1ccccc1. The van der Waals surface area contributed by atoms with E-state index in [-0.39, 0.29) is 25.0 Å². The van der Waals surface area contributed by atoms with Gasteiger partial charge in [0.1, 0.15) is 28.1 Å². The topological polar surface area (TPSA) is 65.6 Å². The minimum Gasteiger partial charge on any atom is -0.445 e. The molecule has 148 valence electrons. The zero-order chi connectivity index (χ0) is 20.6. The van der Waals surface area contributed by atoms with Gasteiger partial charge < -0.3 is 19.7 Å². The smallest absolute Gasteiger partial charge is 0.410 e. The van der Waals surface area contributed by atoms with Crippen molar-refractivity contribution in [3.8, 4) is 0 Å². The van der Waals surface area contributed by atoms with E-state index in [9.17, 15) is 14.3 Å². The number of hydrogen-bond donors (Lipinski definition) is 2. The van der Waals surface area contributed by atoms with Crippen LogP contribution in [0, 0.1) is 5.82 Å². The number of β-amino-alcohol motifs (C(OH)–C–C–N with tert-alkyl or cyclic N) is 1. The van der Waals surface area contributed by atoms with Crippen LogP contribution in [0.1, 0.15) is 17.5 Å². The van der Waals surface area contributed by atoms with Crippen molar-refractivity contribution < 1.29 is 19.0 Å². The molecule has 4 rings (SSSR count). The fraction of sp³-hybridized carbons (Fsp3) is 0.286. The van der Waals surface area contributed by atoms with E-state index in [4.69, 9.17) is 4.74 Å². The third-order valence-electron chi connectivity index (χ3n) is 5.89. The van der Waals surface area contributed by atoms with E-state index in [0.717, 1.165) is 16.5 Å². The summed E-state index contributed by atoms with van der Waals surface area (Å²) >= 11 is 0. The predicted molar refractivity (Wildman–Crippen MR) is 115 cm³/mol. The molecule has 2 heterocycles. The van der Waals surface area contributed by atoms with Gasteiger partial charge in [-0.05, 0) is 41.0 Å². The minimum absolute atomic E-state index is 0.186. The number of likely N-dealkylation sites (tertiary alicyclic amines) is 1. The molecule has 5 nitrogen and oxygen atoms in total. The number of rotatable bonds is 4. The van der Waals surface area contributed by atoms with Crippen molar-refractivity contribution in [1.82, 2.24) is 9.88 Å². The first kappa shape index (κ1) is 19.6. The van der Waals surface area contributed by atoms with Crippen molar-refractivity contribution in [2.24, 2.45) is 0 Å². The molecule has 2 atom stereocenters. The van der Waals surface area contributed by atoms with Gasteiger partial charge in [-0.1, -0.05) is 30.3 Å². The second-order valence-corrected chi connectivity index (χ2v) is 8.21. The standard InChI is InChI=1S/C21H23B2FN2O3/c22-21(23,17-10-25-18-8-14(24)6-7-16(17)18)19-9-15(27)11-26(19)20(28)29-12-13-4-2-1-3-5-13/h1-8,10,15,19,25,27H,9,11-12,22-23H2/t15-,19-/m0/s1. The summed E-state index contributed by atoms with van der Waals surface area (Å²) in [5, 5.41) is 10.7. The number of halogens is 1. The van der Waals surface area contributed by atoms with Gasteiger partial charge in [-0.2, -0.15) is 0 Å². The summed E-state index contributed by atoms with van der Waals surface area (Å²) in [5.41, 5.74) is 2.60. The van der Waals surface area contributed by atoms with E-state index in [1.165, 1.54) is 12.1 Å². The van der Waals surface area contributed by atoms with Gasteiger partial charge in [-0.25, -0.2) is 9.18 Å². The highest BCUT2D eigenvalue weighted by molar-refractivity contribution is 6.41. The Kier molecular flexibility index (Phi) is 5.13. The van der Waals surface area contributed by atoms with E-state index < -0.39 is 17.4 Å². The van der Waals surface area contributed by atoms with Gasteiger partial charge in [0, 0.05) is 23.1 Å². The molecule has 1 aromatic heterocycles. The Balaban J connectivity index is 1.58. The monoisotopic (exact) mass is 392 g/mol. The summed E-state index contributed by atoms with van der Waals surface area (Å²) in [6.45, 7) is 0.421. The van der Waals surface area contributed by atoms with Gasteiger partial charge in [0.2, 0.25) is 0 Å². The van der Waals surface area contributed by atoms with Crippen molar-refractivity contribution in [2.45, 2.75) is 30.4 Å². The van der Waals surface area contributed by atoms with Gasteiger partial charge in [-0.3, -0.25) is 0 Å². The van der Waals surface area contributed by atoms with Crippen LogP contribution >= 0.6 is 0 Å². The quantitative estimate of drug-likeness (QED) is 0.662. The first-order valence-corrected chi connectivity index (χ1v) is 9.79. The molecular weight excluding hydrogens is 369 g/mol. The van der Waals surface area contributed by atoms with Gasteiger partial charge in [0.15, 0.2) is 0 Å². The van der Waals surface area contributed by atoms with Gasteiger partial charge in [0.05, 0.1) is 12.6 Å². The molecule has 1 amide bonds. The molecule has 0 aliphatic carbocycles. The van der Waals surface area contributed by atoms with E-state index in [0.29, 0.717) is 11.9 Å². The molecule has 1 saturated heterocycles. The zero-order valence-corrected chi connectivity index (χ0v) is 16.6. The number of carbonyl (C=O) groups is 1. The summed E-state index contributed by atoms with van der Waals surface area (Å²) < 4.78 is 19.1. The van der Waals surface area contributed by atoms with Crippen molar-refractivity contribution in [1.29, 1.82) is 0 Å². The summed E-state index contributed by atoms with van der Waals surface area (Å²) in [4.78, 5) is 17.6. The van der Waals surface area contributed by atoms with Crippen LogP contribution in [0.25, 0.3) is 10.9 Å². The number of ether oxygens (including phenoxy) is 1. The molecule has 1 fully saturated rings. The molecular formula is C21H23B2FN2O3. The van der Waals surface area contributed by atoms with Crippen molar-refractivity contribution >= 4 is 32.7 Å².